The molecule has 0 bridgehead atoms. The summed E-state index contributed by atoms with van der Waals surface area (Å²) in [4.78, 5) is 11.3. The predicted molar refractivity (Wildman–Crippen MR) is 86.6 cm³/mol. The highest BCUT2D eigenvalue weighted by Gasteiger charge is 2.18. The number of Topliss-reactive ketones (excluding diaryl/α,β-unsaturated/α-hetero) is 1. The SMILES string of the molecule is CC(=O)c1ccc(S(=O)(=O)N[C@@H](C)c2cccc(Cl)c2)cc1. The molecule has 1 N–H and O–H groups in total. The van der Waals surface area contributed by atoms with Crippen LogP contribution in [0.4, 0.5) is 0 Å². The molecule has 0 saturated carbocycles. The quantitative estimate of drug-likeness (QED) is 0.848. The van der Waals surface area contributed by atoms with E-state index < -0.39 is 16.1 Å². The molecule has 2 aromatic rings. The molecule has 0 unspecified atom stereocenters. The Labute approximate surface area is 135 Å². The average Bonchev–Trinajstić information content (AvgIpc) is 2.47. The Morgan fingerprint density at radius 1 is 1.14 bits per heavy atom. The molecule has 2 aromatic carbocycles. The van der Waals surface area contributed by atoms with Crippen molar-refractivity contribution in [3.63, 3.8) is 0 Å². The largest absolute Gasteiger partial charge is 0.295 e. The van der Waals surface area contributed by atoms with Gasteiger partial charge in [0.25, 0.3) is 0 Å². The minimum absolute atomic E-state index is 0.107. The highest BCUT2D eigenvalue weighted by molar-refractivity contribution is 7.89. The number of carbonyl (C=O) groups is 1. The van der Waals surface area contributed by atoms with Crippen molar-refractivity contribution in [1.82, 2.24) is 4.72 Å². The van der Waals surface area contributed by atoms with Crippen molar-refractivity contribution in [2.24, 2.45) is 0 Å². The first-order chi connectivity index (χ1) is 10.3. The number of ketones is 1. The van der Waals surface area contributed by atoms with Gasteiger partial charge in [-0.25, -0.2) is 13.1 Å². The van der Waals surface area contributed by atoms with E-state index in [1.807, 2.05) is 0 Å². The van der Waals surface area contributed by atoms with Crippen LogP contribution >= 0.6 is 11.6 Å². The van der Waals surface area contributed by atoms with Crippen LogP contribution in [-0.4, -0.2) is 14.2 Å². The fraction of sp³-hybridized carbons (Fsp3) is 0.188. The van der Waals surface area contributed by atoms with Crippen LogP contribution in [-0.2, 0) is 10.0 Å². The highest BCUT2D eigenvalue weighted by Crippen LogP contribution is 2.20. The smallest absolute Gasteiger partial charge is 0.241 e. The Morgan fingerprint density at radius 2 is 1.77 bits per heavy atom. The summed E-state index contributed by atoms with van der Waals surface area (Å²) < 4.78 is 27.3. The van der Waals surface area contributed by atoms with E-state index in [1.165, 1.54) is 31.2 Å². The summed E-state index contributed by atoms with van der Waals surface area (Å²) >= 11 is 5.92. The molecule has 1 atom stereocenters. The van der Waals surface area contributed by atoms with E-state index in [1.54, 1.807) is 31.2 Å². The normalized spacial score (nSPS) is 12.9. The fourth-order valence-electron chi connectivity index (χ4n) is 2.01. The van der Waals surface area contributed by atoms with Crippen molar-refractivity contribution < 1.29 is 13.2 Å². The molecule has 0 aliphatic heterocycles. The third-order valence-electron chi connectivity index (χ3n) is 3.25. The lowest BCUT2D eigenvalue weighted by atomic mass is 10.1. The van der Waals surface area contributed by atoms with Crippen molar-refractivity contribution in [3.8, 4) is 0 Å². The molecule has 0 spiro atoms. The number of halogens is 1. The summed E-state index contributed by atoms with van der Waals surface area (Å²) in [5.41, 5.74) is 1.25. The Morgan fingerprint density at radius 3 is 2.32 bits per heavy atom. The van der Waals surface area contributed by atoms with Gasteiger partial charge in [0.15, 0.2) is 5.78 Å². The van der Waals surface area contributed by atoms with Crippen LogP contribution < -0.4 is 4.72 Å². The minimum atomic E-state index is -3.67. The van der Waals surface area contributed by atoms with E-state index in [0.29, 0.717) is 10.6 Å². The van der Waals surface area contributed by atoms with Gasteiger partial charge >= 0.3 is 0 Å². The minimum Gasteiger partial charge on any atom is -0.295 e. The van der Waals surface area contributed by atoms with E-state index in [4.69, 9.17) is 11.6 Å². The zero-order valence-corrected chi connectivity index (χ0v) is 13.8. The molecule has 0 heterocycles. The van der Waals surface area contributed by atoms with Gasteiger partial charge in [-0.1, -0.05) is 35.9 Å². The third-order valence-corrected chi connectivity index (χ3v) is 5.04. The molecule has 2 rings (SSSR count). The van der Waals surface area contributed by atoms with Crippen LogP contribution in [0.1, 0.15) is 35.8 Å². The number of benzene rings is 2. The first-order valence-corrected chi connectivity index (χ1v) is 8.54. The molecule has 0 radical (unpaired) electrons. The molecule has 22 heavy (non-hydrogen) atoms. The zero-order valence-electron chi connectivity index (χ0n) is 12.2. The Bertz CT molecular complexity index is 785. The van der Waals surface area contributed by atoms with Crippen LogP contribution in [0, 0.1) is 0 Å². The molecule has 0 aromatic heterocycles. The van der Waals surface area contributed by atoms with E-state index in [2.05, 4.69) is 4.72 Å². The maximum absolute atomic E-state index is 12.4. The molecule has 116 valence electrons. The number of hydrogen-bond donors (Lipinski definition) is 1. The first-order valence-electron chi connectivity index (χ1n) is 6.68. The van der Waals surface area contributed by atoms with Crippen LogP contribution in [0.3, 0.4) is 0 Å². The van der Waals surface area contributed by atoms with Crippen molar-refractivity contribution in [1.29, 1.82) is 0 Å². The average molecular weight is 338 g/mol. The number of sulfonamides is 1. The monoisotopic (exact) mass is 337 g/mol. The summed E-state index contributed by atoms with van der Waals surface area (Å²) in [6, 6.07) is 12.4. The lowest BCUT2D eigenvalue weighted by Crippen LogP contribution is -2.26. The Hall–Kier alpha value is -1.69. The molecule has 4 nitrogen and oxygen atoms in total. The lowest BCUT2D eigenvalue weighted by molar-refractivity contribution is 0.101. The number of nitrogens with one attached hydrogen (secondary N) is 1. The Balaban J connectivity index is 2.21. The van der Waals surface area contributed by atoms with Gasteiger partial charge in [-0.15, -0.1) is 0 Å². The molecule has 0 aliphatic rings. The highest BCUT2D eigenvalue weighted by atomic mass is 35.5. The molecular weight excluding hydrogens is 322 g/mol. The van der Waals surface area contributed by atoms with E-state index in [0.717, 1.165) is 5.56 Å². The maximum Gasteiger partial charge on any atom is 0.241 e. The standard InChI is InChI=1S/C16H16ClNO3S/c1-11(14-4-3-5-15(17)10-14)18-22(20,21)16-8-6-13(7-9-16)12(2)19/h3-11,18H,1-2H3/t11-/m0/s1. The van der Waals surface area contributed by atoms with Gasteiger partial charge in [0, 0.05) is 16.6 Å². The number of carbonyl (C=O) groups excluding carboxylic acids is 1. The second-order valence-corrected chi connectivity index (χ2v) is 7.13. The molecule has 0 amide bonds. The molecule has 6 heteroatoms. The van der Waals surface area contributed by atoms with Crippen LogP contribution in [0.5, 0.6) is 0 Å². The van der Waals surface area contributed by atoms with Crippen molar-refractivity contribution >= 4 is 27.4 Å². The molecule has 0 aliphatic carbocycles. The maximum atomic E-state index is 12.4. The second-order valence-electron chi connectivity index (χ2n) is 4.98. The van der Waals surface area contributed by atoms with E-state index >= 15 is 0 Å². The van der Waals surface area contributed by atoms with Gasteiger partial charge in [0.1, 0.15) is 0 Å². The number of hydrogen-bond acceptors (Lipinski definition) is 3. The molecule has 0 fully saturated rings. The molecular formula is C16H16ClNO3S. The summed E-state index contributed by atoms with van der Waals surface area (Å²) in [5.74, 6) is -0.107. The topological polar surface area (TPSA) is 63.2 Å². The van der Waals surface area contributed by atoms with Gasteiger partial charge in [-0.3, -0.25) is 4.79 Å². The van der Waals surface area contributed by atoms with Gasteiger partial charge in [-0.2, -0.15) is 0 Å². The summed E-state index contributed by atoms with van der Waals surface area (Å²) in [5, 5.41) is 0.550. The van der Waals surface area contributed by atoms with Crippen molar-refractivity contribution in [3.05, 3.63) is 64.7 Å². The second kappa shape index (κ2) is 6.60. The van der Waals surface area contributed by atoms with Crippen LogP contribution in [0.25, 0.3) is 0 Å². The third kappa shape index (κ3) is 3.94. The van der Waals surface area contributed by atoms with E-state index in [9.17, 15) is 13.2 Å². The van der Waals surface area contributed by atoms with Crippen LogP contribution in [0.2, 0.25) is 5.02 Å². The summed E-state index contributed by atoms with van der Waals surface area (Å²) in [6.07, 6.45) is 0. The van der Waals surface area contributed by atoms with Gasteiger partial charge in [-0.05, 0) is 43.7 Å². The van der Waals surface area contributed by atoms with Gasteiger partial charge in [0.2, 0.25) is 10.0 Å². The van der Waals surface area contributed by atoms with Crippen molar-refractivity contribution in [2.75, 3.05) is 0 Å². The number of rotatable bonds is 5. The van der Waals surface area contributed by atoms with Gasteiger partial charge < -0.3 is 0 Å². The van der Waals surface area contributed by atoms with E-state index in [-0.39, 0.29) is 10.7 Å². The van der Waals surface area contributed by atoms with Crippen LogP contribution in [0.15, 0.2) is 53.4 Å². The van der Waals surface area contributed by atoms with Crippen molar-refractivity contribution in [2.45, 2.75) is 24.8 Å². The summed E-state index contributed by atoms with van der Waals surface area (Å²) in [7, 11) is -3.67. The van der Waals surface area contributed by atoms with Gasteiger partial charge in [0.05, 0.1) is 4.90 Å². The summed E-state index contributed by atoms with van der Waals surface area (Å²) in [6.45, 7) is 3.18. The lowest BCUT2D eigenvalue weighted by Gasteiger charge is -2.15. The fourth-order valence-corrected chi connectivity index (χ4v) is 3.44. The molecule has 0 saturated heterocycles. The first kappa shape index (κ1) is 16.7. The Kier molecular flexibility index (Phi) is 5.01. The predicted octanol–water partition coefficient (Wildman–Crippen LogP) is 3.58. The zero-order chi connectivity index (χ0) is 16.3.